The van der Waals surface area contributed by atoms with Crippen LogP contribution in [0.4, 0.5) is 45.9 Å². The molecule has 141 heavy (non-hydrogen) atoms. The lowest BCUT2D eigenvalue weighted by Gasteiger charge is -2.28. The molecule has 1 aliphatic heterocycles. The average Bonchev–Trinajstić information content (AvgIpc) is 1.29. The molecule has 5 aromatic carbocycles. The Kier molecular flexibility index (Phi) is 35.0. The number of aliphatic hydroxyl groups excluding tert-OH is 2. The largest absolute Gasteiger partial charge is 0.392 e. The number of piperazine rings is 1. The zero-order chi connectivity index (χ0) is 99.4. The third-order valence-electron chi connectivity index (χ3n) is 21.4. The lowest BCUT2D eigenvalue weighted by molar-refractivity contribution is 0.101. The Hall–Kier alpha value is -16.0. The average molecular weight is 1980 g/mol. The SMILES string of the molecule is Cc1nc(-n2cccn2)ccc1C(=O)Nc1ccc(Cl)c(-c2ccccn2)c1.Cc1nc(-n2cncn2)ccc1C(=O)Nc1ccc(Cl)c(-c2ccccn2)c1.Cc1nc(N2CCNCC2)ccc1C(=O)Nc1ccc(Cl)c(-c2ccccn2)c1.Cc1nc(NC[C@@H](C)O)ccc1C(=O)Nc1ccc(Cl)c(-c2ccccn2)c1.Cc1nc(NC[C@H](C)O)ccc1C(=O)Nc1ccc(Cl)c(-c2ccccn2)c1. The number of aromatic nitrogens is 15. The van der Waals surface area contributed by atoms with Crippen molar-refractivity contribution in [3.8, 4) is 67.9 Å². The Morgan fingerprint density at radius 3 is 0.894 bits per heavy atom. The van der Waals surface area contributed by atoms with Crippen molar-refractivity contribution < 1.29 is 34.2 Å². The predicted molar refractivity (Wildman–Crippen MR) is 556 cm³/mol. The van der Waals surface area contributed by atoms with Crippen LogP contribution < -0.4 is 47.4 Å². The number of hydrogen-bond acceptors (Lipinski definition) is 24. The van der Waals surface area contributed by atoms with Crippen LogP contribution in [0.2, 0.25) is 25.1 Å². The van der Waals surface area contributed by atoms with Crippen LogP contribution in [0.1, 0.15) is 94.1 Å². The summed E-state index contributed by atoms with van der Waals surface area (Å²) < 4.78 is 3.18. The number of pyridine rings is 10. The summed E-state index contributed by atoms with van der Waals surface area (Å²) in [6, 6.07) is 73.8. The molecule has 17 aromatic rings. The van der Waals surface area contributed by atoms with Crippen molar-refractivity contribution in [2.45, 2.75) is 60.7 Å². The second-order valence-corrected chi connectivity index (χ2v) is 33.9. The van der Waals surface area contributed by atoms with Gasteiger partial charge in [0.1, 0.15) is 30.1 Å². The molecular formula is C105H95Cl5N24O7. The van der Waals surface area contributed by atoms with Gasteiger partial charge >= 0.3 is 0 Å². The minimum atomic E-state index is -0.483. The maximum Gasteiger partial charge on any atom is 0.257 e. The van der Waals surface area contributed by atoms with Crippen LogP contribution in [-0.4, -0.2) is 166 Å². The smallest absolute Gasteiger partial charge is 0.257 e. The number of halogens is 5. The molecule has 0 unspecified atom stereocenters. The number of nitrogens with zero attached hydrogens (tertiary/aromatic N) is 16. The molecule has 0 spiro atoms. The van der Waals surface area contributed by atoms with Crippen LogP contribution >= 0.6 is 58.0 Å². The summed E-state index contributed by atoms with van der Waals surface area (Å²) in [7, 11) is 0. The van der Waals surface area contributed by atoms with E-state index in [1.54, 1.807) is 223 Å². The molecule has 712 valence electrons. The number of carbonyl (C=O) groups excluding carboxylic acids is 5. The topological polar surface area (TPSA) is 403 Å². The van der Waals surface area contributed by atoms with Crippen LogP contribution in [0.3, 0.4) is 0 Å². The molecule has 5 amide bonds. The molecule has 10 N–H and O–H groups in total. The number of hydrogen-bond donors (Lipinski definition) is 10. The third kappa shape index (κ3) is 27.7. The first-order valence-electron chi connectivity index (χ1n) is 44.4. The fourth-order valence-electron chi connectivity index (χ4n) is 14.3. The monoisotopic (exact) mass is 1980 g/mol. The van der Waals surface area contributed by atoms with Crippen molar-refractivity contribution in [3.63, 3.8) is 0 Å². The van der Waals surface area contributed by atoms with Gasteiger partial charge in [0, 0.05) is 139 Å². The number of anilines is 8. The van der Waals surface area contributed by atoms with Crippen LogP contribution in [0, 0.1) is 34.6 Å². The summed E-state index contributed by atoms with van der Waals surface area (Å²) in [6.07, 6.45) is 14.0. The van der Waals surface area contributed by atoms with Crippen LogP contribution in [0.15, 0.2) is 305 Å². The molecule has 36 heteroatoms. The van der Waals surface area contributed by atoms with E-state index in [9.17, 15) is 34.2 Å². The molecule has 1 aliphatic rings. The summed E-state index contributed by atoms with van der Waals surface area (Å²) in [4.78, 5) is 114. The van der Waals surface area contributed by atoms with Crippen LogP contribution in [-0.2, 0) is 0 Å². The van der Waals surface area contributed by atoms with Gasteiger partial charge in [-0.15, -0.1) is 0 Å². The second-order valence-electron chi connectivity index (χ2n) is 31.9. The van der Waals surface area contributed by atoms with E-state index in [-0.39, 0.29) is 29.5 Å². The molecule has 13 heterocycles. The number of benzene rings is 5. The van der Waals surface area contributed by atoms with Crippen molar-refractivity contribution in [2.24, 2.45) is 0 Å². The Balaban J connectivity index is 0.000000140. The molecular weight excluding hydrogens is 1890 g/mol. The van der Waals surface area contributed by atoms with E-state index in [4.69, 9.17) is 58.0 Å². The number of carbonyl (C=O) groups is 5. The molecule has 0 aliphatic carbocycles. The van der Waals surface area contributed by atoms with Gasteiger partial charge in [0.2, 0.25) is 0 Å². The molecule has 0 bridgehead atoms. The predicted octanol–water partition coefficient (Wildman–Crippen LogP) is 20.6. The van der Waals surface area contributed by atoms with Crippen LogP contribution in [0.25, 0.3) is 67.9 Å². The fraction of sp³-hybridized carbons (Fsp3) is 0.143. The molecule has 2 atom stereocenters. The lowest BCUT2D eigenvalue weighted by Crippen LogP contribution is -2.44. The van der Waals surface area contributed by atoms with Crippen molar-refractivity contribution in [1.29, 1.82) is 0 Å². The van der Waals surface area contributed by atoms with Crippen molar-refractivity contribution >= 4 is 133 Å². The van der Waals surface area contributed by atoms with Gasteiger partial charge in [-0.1, -0.05) is 88.3 Å². The standard InChI is InChI=1S/C22H22ClN5O.C21H16ClN5O.2C21H21ClN4O2.C20H15ClN6O/c1-15-17(6-8-21(26-15)28-12-10-24-11-13-28)22(29)27-16-5-7-19(23)18(14-16)20-4-2-3-9-25-20;1-14-16(7-9-20(25-14)27-12-4-11-24-27)21(28)26-15-6-8-18(22)17(13-15)19-5-2-3-10-23-19;2*1-13(27)12-24-20-9-7-16(14(2)25-20)21(28)26-15-6-8-18(22)17(11-15)19-5-3-4-10-23-19;1-13-15(6-8-19(25-13)27-12-22-11-24-27)20(28)26-14-5-7-17(21)16(10-14)18-4-2-3-9-23-18/h2-9,14,24H,10-13H2,1H3,(H,27,29);2-13H,1H3,(H,26,28);2*3-11,13,27H,12H2,1-2H3,(H,24,25)(H,26,28);2-12H,1H3,(H,26,28)/t;;2*13-;/m..10./s1. The Morgan fingerprint density at radius 1 is 0.340 bits per heavy atom. The van der Waals surface area contributed by atoms with Crippen LogP contribution in [0.5, 0.6) is 0 Å². The van der Waals surface area contributed by atoms with E-state index in [2.05, 4.69) is 112 Å². The Labute approximate surface area is 837 Å². The minimum absolute atomic E-state index is 0.198. The molecule has 0 radical (unpaired) electrons. The summed E-state index contributed by atoms with van der Waals surface area (Å²) in [5.41, 5.74) is 16.1. The van der Waals surface area contributed by atoms with Gasteiger partial charge < -0.3 is 57.6 Å². The second kappa shape index (κ2) is 48.9. The Bertz CT molecular complexity index is 6870. The van der Waals surface area contributed by atoms with Gasteiger partial charge in [-0.3, -0.25) is 48.9 Å². The highest BCUT2D eigenvalue weighted by molar-refractivity contribution is 6.35. The van der Waals surface area contributed by atoms with Gasteiger partial charge in [0.25, 0.3) is 29.5 Å². The number of aryl methyl sites for hydroxylation is 5. The summed E-state index contributed by atoms with van der Waals surface area (Å²) >= 11 is 31.5. The lowest BCUT2D eigenvalue weighted by atomic mass is 10.1. The van der Waals surface area contributed by atoms with Gasteiger partial charge in [-0.2, -0.15) is 10.2 Å². The van der Waals surface area contributed by atoms with Gasteiger partial charge in [-0.25, -0.2) is 39.3 Å². The Morgan fingerprint density at radius 2 is 0.631 bits per heavy atom. The third-order valence-corrected chi connectivity index (χ3v) is 23.1. The zero-order valence-corrected chi connectivity index (χ0v) is 81.0. The molecule has 1 saturated heterocycles. The molecule has 31 nitrogen and oxygen atoms in total. The van der Waals surface area contributed by atoms with Crippen molar-refractivity contribution in [2.75, 3.05) is 81.4 Å². The van der Waals surface area contributed by atoms with Gasteiger partial charge in [0.15, 0.2) is 11.6 Å². The first kappa shape index (κ1) is 101. The summed E-state index contributed by atoms with van der Waals surface area (Å²) in [5.74, 6) is 2.15. The first-order chi connectivity index (χ1) is 68.2. The van der Waals surface area contributed by atoms with E-state index in [1.165, 1.54) is 11.0 Å². The van der Waals surface area contributed by atoms with E-state index < -0.39 is 12.2 Å². The van der Waals surface area contributed by atoms with E-state index in [0.29, 0.717) is 146 Å². The van der Waals surface area contributed by atoms with E-state index in [1.807, 2.05) is 128 Å². The first-order valence-corrected chi connectivity index (χ1v) is 46.3. The zero-order valence-electron chi connectivity index (χ0n) is 77.2. The molecule has 0 saturated carbocycles. The summed E-state index contributed by atoms with van der Waals surface area (Å²) in [5, 5.41) is 53.6. The number of rotatable bonds is 24. The summed E-state index contributed by atoms with van der Waals surface area (Å²) in [6.45, 7) is 16.8. The quantitative estimate of drug-likeness (QED) is 0.0269. The minimum Gasteiger partial charge on any atom is -0.392 e. The highest BCUT2D eigenvalue weighted by Gasteiger charge is 2.23. The highest BCUT2D eigenvalue weighted by atomic mass is 35.5. The molecule has 12 aromatic heterocycles. The maximum atomic E-state index is 12.8. The number of amides is 5. The normalized spacial score (nSPS) is 11.7. The van der Waals surface area contributed by atoms with Gasteiger partial charge in [-0.05, 0) is 267 Å². The van der Waals surface area contributed by atoms with E-state index >= 15 is 0 Å². The van der Waals surface area contributed by atoms with E-state index in [0.717, 1.165) is 88.3 Å². The molecule has 18 rings (SSSR count). The maximum absolute atomic E-state index is 12.8. The van der Waals surface area contributed by atoms with Gasteiger partial charge in [0.05, 0.1) is 122 Å². The van der Waals surface area contributed by atoms with Crippen molar-refractivity contribution in [3.05, 3.63) is 386 Å². The highest BCUT2D eigenvalue weighted by Crippen LogP contribution is 2.36. The fourth-order valence-corrected chi connectivity index (χ4v) is 15.4. The number of aliphatic hydroxyl groups is 2. The van der Waals surface area contributed by atoms with Crippen molar-refractivity contribution in [1.82, 2.24) is 79.7 Å². The molecule has 1 fully saturated rings. The number of nitrogens with one attached hydrogen (secondary N) is 8.